The number of ether oxygens (including phenoxy) is 1. The second kappa shape index (κ2) is 6.43. The van der Waals surface area contributed by atoms with Crippen LogP contribution in [0, 0.1) is 0 Å². The van der Waals surface area contributed by atoms with Gasteiger partial charge >= 0.3 is 0 Å². The molecule has 1 heterocycles. The van der Waals surface area contributed by atoms with Gasteiger partial charge in [-0.1, -0.05) is 17.7 Å². The predicted octanol–water partition coefficient (Wildman–Crippen LogP) is 2.57. The topological polar surface area (TPSA) is 42.4 Å². The summed E-state index contributed by atoms with van der Waals surface area (Å²) in [6.45, 7) is 4.03. The van der Waals surface area contributed by atoms with Crippen LogP contribution in [0.15, 0.2) is 24.8 Å². The number of hydrogen-bond donors (Lipinski definition) is 1. The zero-order valence-corrected chi connectivity index (χ0v) is 9.20. The lowest BCUT2D eigenvalue weighted by molar-refractivity contribution is 0.268. The van der Waals surface area contributed by atoms with E-state index in [0.717, 1.165) is 12.8 Å². The maximum Gasteiger partial charge on any atom is 0.213 e. The third-order valence-electron chi connectivity index (χ3n) is 1.85. The van der Waals surface area contributed by atoms with Gasteiger partial charge in [-0.15, -0.1) is 6.58 Å². The van der Waals surface area contributed by atoms with E-state index in [0.29, 0.717) is 23.2 Å². The molecule has 0 saturated heterocycles. The van der Waals surface area contributed by atoms with Gasteiger partial charge in [0, 0.05) is 6.07 Å². The molecule has 0 bridgehead atoms. The molecule has 0 aliphatic rings. The number of allylic oxidation sites excluding steroid dienone is 1. The highest BCUT2D eigenvalue weighted by atomic mass is 35.5. The van der Waals surface area contributed by atoms with E-state index in [1.54, 1.807) is 12.1 Å². The van der Waals surface area contributed by atoms with Crippen molar-refractivity contribution in [2.45, 2.75) is 19.4 Å². The monoisotopic (exact) mass is 227 g/mol. The first kappa shape index (κ1) is 12.0. The summed E-state index contributed by atoms with van der Waals surface area (Å²) in [4.78, 5) is 4.06. The van der Waals surface area contributed by atoms with Crippen LogP contribution < -0.4 is 4.74 Å². The molecule has 1 N–H and O–H groups in total. The SMILES string of the molecule is C=CCCCOc1ccc(Cl)c(CO)n1. The van der Waals surface area contributed by atoms with Crippen molar-refractivity contribution < 1.29 is 9.84 Å². The molecule has 0 fully saturated rings. The van der Waals surface area contributed by atoms with E-state index in [4.69, 9.17) is 21.4 Å². The highest BCUT2D eigenvalue weighted by Gasteiger charge is 2.03. The third kappa shape index (κ3) is 3.90. The zero-order valence-electron chi connectivity index (χ0n) is 8.45. The molecule has 0 aromatic carbocycles. The molecular formula is C11H14ClNO2. The maximum absolute atomic E-state index is 8.94. The smallest absolute Gasteiger partial charge is 0.213 e. The van der Waals surface area contributed by atoms with Crippen molar-refractivity contribution in [1.82, 2.24) is 4.98 Å². The van der Waals surface area contributed by atoms with Crippen molar-refractivity contribution in [2.24, 2.45) is 0 Å². The first-order valence-electron chi connectivity index (χ1n) is 4.78. The molecular weight excluding hydrogens is 214 g/mol. The summed E-state index contributed by atoms with van der Waals surface area (Å²) < 4.78 is 5.38. The van der Waals surface area contributed by atoms with Gasteiger partial charge < -0.3 is 9.84 Å². The molecule has 0 unspecified atom stereocenters. The van der Waals surface area contributed by atoms with Crippen molar-refractivity contribution in [3.8, 4) is 5.88 Å². The van der Waals surface area contributed by atoms with Crippen LogP contribution in [0.3, 0.4) is 0 Å². The Kier molecular flexibility index (Phi) is 5.15. The van der Waals surface area contributed by atoms with Gasteiger partial charge in [0.25, 0.3) is 0 Å². The molecule has 4 heteroatoms. The lowest BCUT2D eigenvalue weighted by atomic mass is 10.3. The molecule has 0 amide bonds. The standard InChI is InChI=1S/C11H14ClNO2/c1-2-3-4-7-15-11-6-5-9(12)10(8-14)13-11/h2,5-6,14H,1,3-4,7-8H2. The average molecular weight is 228 g/mol. The number of aliphatic hydroxyl groups excluding tert-OH is 1. The van der Waals surface area contributed by atoms with E-state index >= 15 is 0 Å². The summed E-state index contributed by atoms with van der Waals surface area (Å²) in [5.41, 5.74) is 0.442. The molecule has 0 atom stereocenters. The lowest BCUT2D eigenvalue weighted by Gasteiger charge is -2.06. The number of pyridine rings is 1. The zero-order chi connectivity index (χ0) is 11.1. The largest absolute Gasteiger partial charge is 0.478 e. The van der Waals surface area contributed by atoms with Gasteiger partial charge in [0.15, 0.2) is 0 Å². The van der Waals surface area contributed by atoms with Crippen LogP contribution in [0.4, 0.5) is 0 Å². The minimum Gasteiger partial charge on any atom is -0.478 e. The molecule has 82 valence electrons. The number of halogens is 1. The Labute approximate surface area is 94.4 Å². The molecule has 1 aromatic rings. The summed E-state index contributed by atoms with van der Waals surface area (Å²) in [5, 5.41) is 9.39. The number of unbranched alkanes of at least 4 members (excludes halogenated alkanes) is 1. The molecule has 0 aliphatic carbocycles. The summed E-state index contributed by atoms with van der Waals surface area (Å²) in [7, 11) is 0. The number of aliphatic hydroxyl groups is 1. The van der Waals surface area contributed by atoms with Crippen molar-refractivity contribution >= 4 is 11.6 Å². The van der Waals surface area contributed by atoms with Gasteiger partial charge in [0.1, 0.15) is 0 Å². The van der Waals surface area contributed by atoms with Gasteiger partial charge in [0.05, 0.1) is 23.9 Å². The van der Waals surface area contributed by atoms with Gasteiger partial charge in [-0.3, -0.25) is 0 Å². The van der Waals surface area contributed by atoms with Crippen molar-refractivity contribution in [1.29, 1.82) is 0 Å². The normalized spacial score (nSPS) is 10.0. The molecule has 1 rings (SSSR count). The number of nitrogens with zero attached hydrogens (tertiary/aromatic N) is 1. The van der Waals surface area contributed by atoms with E-state index < -0.39 is 0 Å². The Morgan fingerprint density at radius 3 is 3.00 bits per heavy atom. The summed E-state index contributed by atoms with van der Waals surface area (Å²) in [6.07, 6.45) is 3.67. The van der Waals surface area contributed by atoms with Crippen LogP contribution in [-0.4, -0.2) is 16.7 Å². The van der Waals surface area contributed by atoms with Crippen molar-refractivity contribution in [2.75, 3.05) is 6.61 Å². The van der Waals surface area contributed by atoms with Crippen LogP contribution in [0.25, 0.3) is 0 Å². The van der Waals surface area contributed by atoms with Crippen LogP contribution in [0.2, 0.25) is 5.02 Å². The Morgan fingerprint density at radius 1 is 1.53 bits per heavy atom. The first-order chi connectivity index (χ1) is 7.27. The second-order valence-corrected chi connectivity index (χ2v) is 3.42. The second-order valence-electron chi connectivity index (χ2n) is 3.02. The van der Waals surface area contributed by atoms with E-state index in [9.17, 15) is 0 Å². The van der Waals surface area contributed by atoms with Crippen LogP contribution in [-0.2, 0) is 6.61 Å². The van der Waals surface area contributed by atoms with E-state index in [-0.39, 0.29) is 6.61 Å². The summed E-state index contributed by atoms with van der Waals surface area (Å²) >= 11 is 5.79. The minimum atomic E-state index is -0.178. The van der Waals surface area contributed by atoms with Gasteiger partial charge in [-0.2, -0.15) is 0 Å². The minimum absolute atomic E-state index is 0.178. The highest BCUT2D eigenvalue weighted by molar-refractivity contribution is 6.31. The predicted molar refractivity (Wildman–Crippen MR) is 60.1 cm³/mol. The molecule has 0 aliphatic heterocycles. The highest BCUT2D eigenvalue weighted by Crippen LogP contribution is 2.17. The van der Waals surface area contributed by atoms with Crippen molar-refractivity contribution in [3.05, 3.63) is 35.5 Å². The molecule has 1 aromatic heterocycles. The lowest BCUT2D eigenvalue weighted by Crippen LogP contribution is -2.00. The summed E-state index contributed by atoms with van der Waals surface area (Å²) in [6, 6.07) is 3.36. The number of rotatable bonds is 6. The summed E-state index contributed by atoms with van der Waals surface area (Å²) in [5.74, 6) is 0.493. The number of aromatic nitrogens is 1. The Bertz CT molecular complexity index is 328. The van der Waals surface area contributed by atoms with Gasteiger partial charge in [0.2, 0.25) is 5.88 Å². The fraction of sp³-hybridized carbons (Fsp3) is 0.364. The molecule has 15 heavy (non-hydrogen) atoms. The fourth-order valence-corrected chi connectivity index (χ4v) is 1.23. The quantitative estimate of drug-likeness (QED) is 0.600. The maximum atomic E-state index is 8.94. The van der Waals surface area contributed by atoms with E-state index in [1.165, 1.54) is 0 Å². The Balaban J connectivity index is 2.50. The van der Waals surface area contributed by atoms with Crippen LogP contribution in [0.1, 0.15) is 18.5 Å². The van der Waals surface area contributed by atoms with Gasteiger partial charge in [-0.05, 0) is 18.9 Å². The van der Waals surface area contributed by atoms with E-state index in [2.05, 4.69) is 11.6 Å². The molecule has 0 radical (unpaired) electrons. The van der Waals surface area contributed by atoms with Gasteiger partial charge in [-0.25, -0.2) is 4.98 Å². The first-order valence-corrected chi connectivity index (χ1v) is 5.15. The molecule has 0 spiro atoms. The Hall–Kier alpha value is -1.06. The Morgan fingerprint density at radius 2 is 2.33 bits per heavy atom. The van der Waals surface area contributed by atoms with Crippen molar-refractivity contribution in [3.63, 3.8) is 0 Å². The molecule has 0 saturated carbocycles. The van der Waals surface area contributed by atoms with Crippen LogP contribution >= 0.6 is 11.6 Å². The van der Waals surface area contributed by atoms with Crippen LogP contribution in [0.5, 0.6) is 5.88 Å². The third-order valence-corrected chi connectivity index (χ3v) is 2.19. The number of hydrogen-bond acceptors (Lipinski definition) is 3. The fourth-order valence-electron chi connectivity index (χ4n) is 1.06. The van der Waals surface area contributed by atoms with E-state index in [1.807, 2.05) is 6.08 Å². The molecule has 3 nitrogen and oxygen atoms in total. The average Bonchev–Trinajstić information content (AvgIpc) is 2.26.